The van der Waals surface area contributed by atoms with E-state index in [1.165, 1.54) is 18.3 Å². The van der Waals surface area contributed by atoms with Crippen LogP contribution < -0.4 is 5.32 Å². The van der Waals surface area contributed by atoms with E-state index in [4.69, 9.17) is 5.11 Å². The van der Waals surface area contributed by atoms with Crippen LogP contribution in [0.1, 0.15) is 26.3 Å². The van der Waals surface area contributed by atoms with Crippen LogP contribution in [0.4, 0.5) is 5.82 Å². The lowest BCUT2D eigenvalue weighted by Crippen LogP contribution is -2.13. The number of carboxylic acids is 1. The van der Waals surface area contributed by atoms with Crippen LogP contribution in [0.25, 0.3) is 0 Å². The molecular weight excluding hydrogens is 244 g/mol. The van der Waals surface area contributed by atoms with Gasteiger partial charge in [-0.15, -0.1) is 0 Å². The first-order chi connectivity index (χ1) is 9.06. The van der Waals surface area contributed by atoms with Crippen molar-refractivity contribution in [2.75, 3.05) is 5.32 Å². The predicted molar refractivity (Wildman–Crippen MR) is 70.3 cm³/mol. The van der Waals surface area contributed by atoms with Crippen LogP contribution in [-0.2, 0) is 0 Å². The Hall–Kier alpha value is -2.69. The Balaban J connectivity index is 2.19. The van der Waals surface area contributed by atoms with E-state index in [0.717, 1.165) is 5.56 Å². The lowest BCUT2D eigenvalue weighted by Gasteiger charge is -2.05. The zero-order valence-electron chi connectivity index (χ0n) is 10.3. The molecule has 0 bridgehead atoms. The first-order valence-corrected chi connectivity index (χ1v) is 5.63. The number of nitrogens with one attached hydrogen (secondary N) is 1. The van der Waals surface area contributed by atoms with Crippen molar-refractivity contribution < 1.29 is 14.7 Å². The first-order valence-electron chi connectivity index (χ1n) is 5.63. The molecule has 0 aliphatic rings. The molecule has 0 saturated heterocycles. The maximum atomic E-state index is 11.9. The average molecular weight is 256 g/mol. The van der Waals surface area contributed by atoms with E-state index in [2.05, 4.69) is 10.3 Å². The fourth-order valence-electron chi connectivity index (χ4n) is 1.61. The molecule has 0 spiro atoms. The first kappa shape index (κ1) is 12.8. The van der Waals surface area contributed by atoms with Crippen molar-refractivity contribution >= 4 is 17.7 Å². The molecule has 0 unspecified atom stereocenters. The summed E-state index contributed by atoms with van der Waals surface area (Å²) in [6, 6.07) is 9.78. The Morgan fingerprint density at radius 3 is 2.63 bits per heavy atom. The summed E-state index contributed by atoms with van der Waals surface area (Å²) in [5.41, 5.74) is 1.55. The zero-order valence-corrected chi connectivity index (χ0v) is 10.3. The SMILES string of the molecule is Cc1cccc(C(=O)Nc2cc(C(=O)O)ccn2)c1. The monoisotopic (exact) mass is 256 g/mol. The van der Waals surface area contributed by atoms with Gasteiger partial charge in [-0.1, -0.05) is 17.7 Å². The van der Waals surface area contributed by atoms with Gasteiger partial charge < -0.3 is 10.4 Å². The lowest BCUT2D eigenvalue weighted by molar-refractivity contribution is 0.0696. The molecule has 5 nitrogen and oxygen atoms in total. The van der Waals surface area contributed by atoms with E-state index < -0.39 is 5.97 Å². The van der Waals surface area contributed by atoms with Gasteiger partial charge in [-0.3, -0.25) is 4.79 Å². The Bertz CT molecular complexity index is 638. The summed E-state index contributed by atoms with van der Waals surface area (Å²) in [5.74, 6) is -1.17. The van der Waals surface area contributed by atoms with Crippen LogP contribution in [0.3, 0.4) is 0 Å². The number of nitrogens with zero attached hydrogens (tertiary/aromatic N) is 1. The summed E-state index contributed by atoms with van der Waals surface area (Å²) >= 11 is 0. The molecule has 1 aromatic heterocycles. The highest BCUT2D eigenvalue weighted by Crippen LogP contribution is 2.10. The number of carbonyl (C=O) groups excluding carboxylic acids is 1. The van der Waals surface area contributed by atoms with Crippen molar-refractivity contribution in [3.8, 4) is 0 Å². The molecule has 0 saturated carbocycles. The second kappa shape index (κ2) is 5.30. The molecule has 2 N–H and O–H groups in total. The molecule has 1 aromatic carbocycles. The number of hydrogen-bond donors (Lipinski definition) is 2. The average Bonchev–Trinajstić information content (AvgIpc) is 2.39. The number of aryl methyl sites for hydroxylation is 1. The molecule has 0 radical (unpaired) electrons. The minimum atomic E-state index is -1.06. The Morgan fingerprint density at radius 2 is 1.95 bits per heavy atom. The van der Waals surface area contributed by atoms with Gasteiger partial charge in [0, 0.05) is 11.8 Å². The van der Waals surface area contributed by atoms with Gasteiger partial charge in [-0.05, 0) is 31.2 Å². The summed E-state index contributed by atoms with van der Waals surface area (Å²) in [4.78, 5) is 26.7. The van der Waals surface area contributed by atoms with Crippen LogP contribution in [-0.4, -0.2) is 22.0 Å². The number of anilines is 1. The molecule has 0 fully saturated rings. The van der Waals surface area contributed by atoms with Crippen LogP contribution in [0.2, 0.25) is 0 Å². The smallest absolute Gasteiger partial charge is 0.335 e. The van der Waals surface area contributed by atoms with Crippen molar-refractivity contribution in [2.45, 2.75) is 6.92 Å². The number of carbonyl (C=O) groups is 2. The second-order valence-electron chi connectivity index (χ2n) is 4.06. The lowest BCUT2D eigenvalue weighted by atomic mass is 10.1. The highest BCUT2D eigenvalue weighted by Gasteiger charge is 2.09. The van der Waals surface area contributed by atoms with Crippen LogP contribution in [0, 0.1) is 6.92 Å². The molecule has 1 amide bonds. The molecular formula is C14H12N2O3. The van der Waals surface area contributed by atoms with Crippen LogP contribution in [0.15, 0.2) is 42.6 Å². The molecule has 0 aliphatic heterocycles. The number of aromatic carboxylic acids is 1. The van der Waals surface area contributed by atoms with E-state index in [1.54, 1.807) is 18.2 Å². The fourth-order valence-corrected chi connectivity index (χ4v) is 1.61. The summed E-state index contributed by atoms with van der Waals surface area (Å²) in [7, 11) is 0. The van der Waals surface area contributed by atoms with Gasteiger partial charge in [0.05, 0.1) is 5.56 Å². The maximum absolute atomic E-state index is 11.9. The van der Waals surface area contributed by atoms with Crippen molar-refractivity contribution in [1.82, 2.24) is 4.98 Å². The minimum Gasteiger partial charge on any atom is -0.478 e. The van der Waals surface area contributed by atoms with Gasteiger partial charge in [0.15, 0.2) is 0 Å². The highest BCUT2D eigenvalue weighted by molar-refractivity contribution is 6.04. The highest BCUT2D eigenvalue weighted by atomic mass is 16.4. The summed E-state index contributed by atoms with van der Waals surface area (Å²) in [5, 5.41) is 11.4. The van der Waals surface area contributed by atoms with Gasteiger partial charge in [0.25, 0.3) is 5.91 Å². The van der Waals surface area contributed by atoms with E-state index in [9.17, 15) is 9.59 Å². The molecule has 2 rings (SSSR count). The van der Waals surface area contributed by atoms with Gasteiger partial charge in [0.2, 0.25) is 0 Å². The van der Waals surface area contributed by atoms with E-state index in [0.29, 0.717) is 5.56 Å². The Morgan fingerprint density at radius 1 is 1.16 bits per heavy atom. The molecule has 0 aliphatic carbocycles. The summed E-state index contributed by atoms with van der Waals surface area (Å²) < 4.78 is 0. The molecule has 5 heteroatoms. The van der Waals surface area contributed by atoms with Crippen molar-refractivity contribution in [3.05, 3.63) is 59.3 Å². The molecule has 1 heterocycles. The van der Waals surface area contributed by atoms with Gasteiger partial charge in [-0.25, -0.2) is 9.78 Å². The Labute approximate surface area is 109 Å². The van der Waals surface area contributed by atoms with Crippen molar-refractivity contribution in [1.29, 1.82) is 0 Å². The van der Waals surface area contributed by atoms with Gasteiger partial charge in [0.1, 0.15) is 5.82 Å². The zero-order chi connectivity index (χ0) is 13.8. The normalized spacial score (nSPS) is 9.95. The number of carboxylic acid groups (broad SMARTS) is 1. The maximum Gasteiger partial charge on any atom is 0.335 e. The number of benzene rings is 1. The minimum absolute atomic E-state index is 0.0783. The summed E-state index contributed by atoms with van der Waals surface area (Å²) in [6.45, 7) is 1.89. The second-order valence-corrected chi connectivity index (χ2v) is 4.06. The third-order valence-electron chi connectivity index (χ3n) is 2.53. The standard InChI is InChI=1S/C14H12N2O3/c1-9-3-2-4-10(7-9)13(17)16-12-8-11(14(18)19)5-6-15-12/h2-8H,1H3,(H,18,19)(H,15,16,17). The van der Waals surface area contributed by atoms with Crippen molar-refractivity contribution in [3.63, 3.8) is 0 Å². The molecule has 0 atom stereocenters. The third kappa shape index (κ3) is 3.16. The number of amides is 1. The van der Waals surface area contributed by atoms with Crippen molar-refractivity contribution in [2.24, 2.45) is 0 Å². The number of aromatic nitrogens is 1. The topological polar surface area (TPSA) is 79.3 Å². The molecule has 2 aromatic rings. The number of pyridine rings is 1. The van der Waals surface area contributed by atoms with Crippen LogP contribution >= 0.6 is 0 Å². The summed E-state index contributed by atoms with van der Waals surface area (Å²) in [6.07, 6.45) is 1.34. The fraction of sp³-hybridized carbons (Fsp3) is 0.0714. The molecule has 96 valence electrons. The largest absolute Gasteiger partial charge is 0.478 e. The predicted octanol–water partition coefficient (Wildman–Crippen LogP) is 2.34. The number of rotatable bonds is 3. The van der Waals surface area contributed by atoms with Gasteiger partial charge in [-0.2, -0.15) is 0 Å². The quantitative estimate of drug-likeness (QED) is 0.883. The van der Waals surface area contributed by atoms with E-state index >= 15 is 0 Å². The Kier molecular flexibility index (Phi) is 3.56. The molecule has 19 heavy (non-hydrogen) atoms. The van der Waals surface area contributed by atoms with E-state index in [-0.39, 0.29) is 17.3 Å². The van der Waals surface area contributed by atoms with E-state index in [1.807, 2.05) is 13.0 Å². The number of hydrogen-bond acceptors (Lipinski definition) is 3. The van der Waals surface area contributed by atoms with Gasteiger partial charge >= 0.3 is 5.97 Å². The van der Waals surface area contributed by atoms with Crippen LogP contribution in [0.5, 0.6) is 0 Å². The third-order valence-corrected chi connectivity index (χ3v) is 2.53.